The number of hydrogen-bond acceptors (Lipinski definition) is 1. The molecule has 0 unspecified atom stereocenters. The summed E-state index contributed by atoms with van der Waals surface area (Å²) >= 11 is 0. The molecule has 0 saturated carbocycles. The van der Waals surface area contributed by atoms with Gasteiger partial charge in [0.2, 0.25) is 0 Å². The van der Waals surface area contributed by atoms with Crippen molar-refractivity contribution in [1.82, 2.24) is 0 Å². The monoisotopic (exact) mass is 340 g/mol. The molecular weight excluding hydrogens is 306 g/mol. The van der Waals surface area contributed by atoms with Gasteiger partial charge in [0.05, 0.1) is 13.7 Å². The Balaban J connectivity index is 1.93. The summed E-state index contributed by atoms with van der Waals surface area (Å²) in [6.45, 7) is 8.08. The van der Waals surface area contributed by atoms with Crippen LogP contribution in [0.25, 0.3) is 0 Å². The van der Waals surface area contributed by atoms with E-state index >= 15 is 0 Å². The van der Waals surface area contributed by atoms with Crippen LogP contribution in [0.5, 0.6) is 5.75 Å². The summed E-state index contributed by atoms with van der Waals surface area (Å²) in [7, 11) is 1.73. The van der Waals surface area contributed by atoms with Gasteiger partial charge in [-0.15, -0.1) is 0 Å². The molecule has 136 valence electrons. The van der Waals surface area contributed by atoms with E-state index < -0.39 is 0 Å². The first-order chi connectivity index (χ1) is 12.1. The molecule has 2 atom stereocenters. The molecule has 2 nitrogen and oxygen atoms in total. The summed E-state index contributed by atoms with van der Waals surface area (Å²) in [6, 6.07) is 20.0. The molecule has 2 aromatic carbocycles. The largest absolute Gasteiger partial charge is 0.497 e. The van der Waals surface area contributed by atoms with Gasteiger partial charge in [-0.3, -0.25) is 0 Å². The smallest absolute Gasteiger partial charge is 0.118 e. The fraction of sp³-hybridized carbons (Fsp3) is 0.478. The Morgan fingerprint density at radius 3 is 2.08 bits per heavy atom. The van der Waals surface area contributed by atoms with E-state index in [-0.39, 0.29) is 0 Å². The van der Waals surface area contributed by atoms with Gasteiger partial charge in [-0.05, 0) is 42.9 Å². The predicted molar refractivity (Wildman–Crippen MR) is 106 cm³/mol. The van der Waals surface area contributed by atoms with Crippen LogP contribution in [0.15, 0.2) is 54.6 Å². The summed E-state index contributed by atoms with van der Waals surface area (Å²) < 4.78 is 5.30. The first-order valence-electron chi connectivity index (χ1n) is 9.62. The summed E-state index contributed by atoms with van der Waals surface area (Å²) in [6.07, 6.45) is 3.76. The average molecular weight is 341 g/mol. The predicted octanol–water partition coefficient (Wildman–Crippen LogP) is 4.93. The molecule has 2 rings (SSSR count). The Hall–Kier alpha value is -1.80. The normalized spacial score (nSPS) is 13.6. The van der Waals surface area contributed by atoms with Crippen molar-refractivity contribution in [3.63, 3.8) is 0 Å². The van der Waals surface area contributed by atoms with Gasteiger partial charge < -0.3 is 10.1 Å². The van der Waals surface area contributed by atoms with Crippen LogP contribution in [0.3, 0.4) is 0 Å². The number of hydrogen-bond donors (Lipinski definition) is 1. The molecular formula is C23H34NO+. The zero-order valence-corrected chi connectivity index (χ0v) is 16.2. The molecule has 2 heteroatoms. The lowest BCUT2D eigenvalue weighted by Crippen LogP contribution is -2.84. The molecule has 0 aliphatic heterocycles. The average Bonchev–Trinajstić information content (AvgIpc) is 2.65. The van der Waals surface area contributed by atoms with E-state index in [1.165, 1.54) is 30.4 Å². The molecule has 0 aromatic heterocycles. The zero-order valence-electron chi connectivity index (χ0n) is 16.2. The second-order valence-corrected chi connectivity index (χ2v) is 7.45. The zero-order chi connectivity index (χ0) is 18.1. The van der Waals surface area contributed by atoms with E-state index in [0.717, 1.165) is 18.2 Å². The second-order valence-electron chi connectivity index (χ2n) is 7.45. The highest BCUT2D eigenvalue weighted by Gasteiger charge is 2.15. The van der Waals surface area contributed by atoms with Crippen LogP contribution in [-0.2, 0) is 0 Å². The first-order valence-corrected chi connectivity index (χ1v) is 9.62. The van der Waals surface area contributed by atoms with Gasteiger partial charge in [0.15, 0.2) is 0 Å². The molecule has 0 spiro atoms. The Kier molecular flexibility index (Phi) is 8.00. The lowest BCUT2D eigenvalue weighted by molar-refractivity contribution is -0.693. The molecule has 0 aliphatic rings. The van der Waals surface area contributed by atoms with Crippen molar-refractivity contribution in [1.29, 1.82) is 0 Å². The molecule has 0 bridgehead atoms. The van der Waals surface area contributed by atoms with Crippen molar-refractivity contribution in [2.75, 3.05) is 13.7 Å². The number of rotatable bonds is 10. The van der Waals surface area contributed by atoms with E-state index in [9.17, 15) is 0 Å². The van der Waals surface area contributed by atoms with E-state index in [0.29, 0.717) is 12.0 Å². The van der Waals surface area contributed by atoms with Crippen LogP contribution < -0.4 is 10.1 Å². The van der Waals surface area contributed by atoms with Crippen LogP contribution in [0.2, 0.25) is 0 Å². The third kappa shape index (κ3) is 6.55. The maximum absolute atomic E-state index is 5.30. The second kappa shape index (κ2) is 10.2. The van der Waals surface area contributed by atoms with E-state index in [4.69, 9.17) is 4.74 Å². The van der Waals surface area contributed by atoms with Crippen molar-refractivity contribution in [2.45, 2.75) is 52.0 Å². The molecule has 0 fully saturated rings. The Labute approximate surface area is 153 Å². The highest BCUT2D eigenvalue weighted by atomic mass is 16.5. The minimum Gasteiger partial charge on any atom is -0.497 e. The lowest BCUT2D eigenvalue weighted by atomic mass is 9.88. The minimum absolute atomic E-state index is 0.516. The quantitative estimate of drug-likeness (QED) is 0.652. The van der Waals surface area contributed by atoms with Crippen molar-refractivity contribution >= 4 is 0 Å². The fourth-order valence-corrected chi connectivity index (χ4v) is 3.33. The Morgan fingerprint density at radius 2 is 1.48 bits per heavy atom. The Bertz CT molecular complexity index is 591. The van der Waals surface area contributed by atoms with Crippen LogP contribution in [0, 0.1) is 5.92 Å². The van der Waals surface area contributed by atoms with Gasteiger partial charge >= 0.3 is 0 Å². The molecule has 0 radical (unpaired) electrons. The third-order valence-corrected chi connectivity index (χ3v) is 5.04. The van der Waals surface area contributed by atoms with Crippen molar-refractivity contribution in [2.24, 2.45) is 5.92 Å². The van der Waals surface area contributed by atoms with E-state index in [1.54, 1.807) is 7.11 Å². The van der Waals surface area contributed by atoms with Crippen molar-refractivity contribution in [3.8, 4) is 5.75 Å². The maximum atomic E-state index is 5.30. The topological polar surface area (TPSA) is 25.8 Å². The number of nitrogens with two attached hydrogens (primary N) is 1. The SMILES string of the molecule is COc1ccc([C@@H](CC[NH2+][C@@H](C)c2ccccc2)CCC(C)C)cc1. The Morgan fingerprint density at radius 1 is 0.800 bits per heavy atom. The van der Waals surface area contributed by atoms with Crippen molar-refractivity contribution in [3.05, 3.63) is 65.7 Å². The third-order valence-electron chi connectivity index (χ3n) is 5.04. The maximum Gasteiger partial charge on any atom is 0.118 e. The molecule has 0 amide bonds. The van der Waals surface area contributed by atoms with Gasteiger partial charge in [0.1, 0.15) is 11.8 Å². The molecule has 0 heterocycles. The standard InChI is InChI=1S/C23H33NO/c1-18(2)10-11-22(21-12-14-23(25-4)15-13-21)16-17-24-19(3)20-8-6-5-7-9-20/h5-9,12-15,18-19,22,24H,10-11,16-17H2,1-4H3/p+1/t19-,22+/m0/s1. The number of benzene rings is 2. The molecule has 0 aliphatic carbocycles. The highest BCUT2D eigenvalue weighted by molar-refractivity contribution is 5.29. The summed E-state index contributed by atoms with van der Waals surface area (Å²) in [4.78, 5) is 0. The number of methoxy groups -OCH3 is 1. The first kappa shape index (κ1) is 19.5. The van der Waals surface area contributed by atoms with Gasteiger partial charge in [0.25, 0.3) is 0 Å². The molecule has 2 aromatic rings. The summed E-state index contributed by atoms with van der Waals surface area (Å²) in [5.74, 6) is 2.33. The van der Waals surface area contributed by atoms with Crippen LogP contribution in [-0.4, -0.2) is 13.7 Å². The van der Waals surface area contributed by atoms with Crippen molar-refractivity contribution < 1.29 is 10.1 Å². The molecule has 2 N–H and O–H groups in total. The van der Waals surface area contributed by atoms with Gasteiger partial charge in [-0.1, -0.05) is 62.7 Å². The van der Waals surface area contributed by atoms with Crippen LogP contribution in [0.4, 0.5) is 0 Å². The van der Waals surface area contributed by atoms with E-state index in [1.807, 2.05) is 0 Å². The highest BCUT2D eigenvalue weighted by Crippen LogP contribution is 2.27. The summed E-state index contributed by atoms with van der Waals surface area (Å²) in [5, 5.41) is 2.47. The lowest BCUT2D eigenvalue weighted by Gasteiger charge is -2.19. The minimum atomic E-state index is 0.516. The molecule has 25 heavy (non-hydrogen) atoms. The van der Waals surface area contributed by atoms with Gasteiger partial charge in [0, 0.05) is 12.0 Å². The summed E-state index contributed by atoms with van der Waals surface area (Å²) in [5.41, 5.74) is 2.85. The van der Waals surface area contributed by atoms with Crippen LogP contribution >= 0.6 is 0 Å². The molecule has 0 saturated heterocycles. The number of ether oxygens (including phenoxy) is 1. The van der Waals surface area contributed by atoms with E-state index in [2.05, 4.69) is 80.7 Å². The van der Waals surface area contributed by atoms with Crippen LogP contribution in [0.1, 0.15) is 63.1 Å². The number of quaternary nitrogens is 1. The fourth-order valence-electron chi connectivity index (χ4n) is 3.33. The van der Waals surface area contributed by atoms with Gasteiger partial charge in [-0.25, -0.2) is 0 Å². The van der Waals surface area contributed by atoms with Gasteiger partial charge in [-0.2, -0.15) is 0 Å².